The number of rotatable bonds is 3. The molecule has 130 valence electrons. The molecule has 0 amide bonds. The lowest BCUT2D eigenvalue weighted by atomic mass is 9.92. The normalized spacial score (nSPS) is 28.6. The lowest BCUT2D eigenvalue weighted by molar-refractivity contribution is 0.0512. The number of hydrogen-bond donors (Lipinski definition) is 2. The Morgan fingerprint density at radius 1 is 1.22 bits per heavy atom. The van der Waals surface area contributed by atoms with Gasteiger partial charge in [-0.15, -0.1) is 0 Å². The summed E-state index contributed by atoms with van der Waals surface area (Å²) in [5.41, 5.74) is 2.31. The number of β-amino-alcohol motifs (C(OH)–C–C–N with tert-alkyl or cyclic N) is 1. The molecule has 0 bridgehead atoms. The molecule has 2 N–H and O–H groups in total. The van der Waals surface area contributed by atoms with Gasteiger partial charge in [0.15, 0.2) is 0 Å². The smallest absolute Gasteiger partial charge is 0.0834 e. The van der Waals surface area contributed by atoms with Crippen LogP contribution in [-0.2, 0) is 12.0 Å². The van der Waals surface area contributed by atoms with E-state index in [-0.39, 0.29) is 17.6 Å². The fourth-order valence-corrected chi connectivity index (χ4v) is 3.56. The van der Waals surface area contributed by atoms with E-state index >= 15 is 0 Å². The van der Waals surface area contributed by atoms with Gasteiger partial charge in [-0.05, 0) is 13.1 Å². The second-order valence-electron chi connectivity index (χ2n) is 8.20. The third-order valence-corrected chi connectivity index (χ3v) is 5.13. The number of nitrogens with zero attached hydrogens (tertiary/aromatic N) is 4. The first-order chi connectivity index (χ1) is 10.8. The van der Waals surface area contributed by atoms with Gasteiger partial charge >= 0.3 is 0 Å². The molecule has 2 aliphatic heterocycles. The SMILES string of the molecule is CN1CCN([C@@H]2CN(Cc3cc(C(C)(C)C)n[nH]3)C[C@H]2O)CC1. The average molecular weight is 321 g/mol. The quantitative estimate of drug-likeness (QED) is 0.849. The van der Waals surface area contributed by atoms with E-state index in [4.69, 9.17) is 0 Å². The van der Waals surface area contributed by atoms with Crippen LogP contribution in [-0.4, -0.2) is 88.5 Å². The van der Waals surface area contributed by atoms with Crippen molar-refractivity contribution in [2.45, 2.75) is 44.9 Å². The molecule has 0 aromatic carbocycles. The maximum absolute atomic E-state index is 10.5. The number of hydrogen-bond acceptors (Lipinski definition) is 5. The van der Waals surface area contributed by atoms with Crippen molar-refractivity contribution < 1.29 is 5.11 Å². The Morgan fingerprint density at radius 2 is 1.91 bits per heavy atom. The summed E-state index contributed by atoms with van der Waals surface area (Å²) in [5, 5.41) is 18.1. The van der Waals surface area contributed by atoms with Crippen LogP contribution in [0.2, 0.25) is 0 Å². The summed E-state index contributed by atoms with van der Waals surface area (Å²) in [7, 11) is 2.17. The zero-order valence-corrected chi connectivity index (χ0v) is 14.9. The Balaban J connectivity index is 1.57. The van der Waals surface area contributed by atoms with Crippen LogP contribution in [0.1, 0.15) is 32.2 Å². The number of aromatic amines is 1. The van der Waals surface area contributed by atoms with Crippen molar-refractivity contribution in [2.24, 2.45) is 0 Å². The van der Waals surface area contributed by atoms with Crippen LogP contribution in [0, 0.1) is 0 Å². The molecule has 2 aliphatic rings. The fourth-order valence-electron chi connectivity index (χ4n) is 3.56. The summed E-state index contributed by atoms with van der Waals surface area (Å²) < 4.78 is 0. The van der Waals surface area contributed by atoms with Gasteiger partial charge in [-0.1, -0.05) is 20.8 Å². The van der Waals surface area contributed by atoms with Crippen molar-refractivity contribution in [3.8, 4) is 0 Å². The summed E-state index contributed by atoms with van der Waals surface area (Å²) in [6, 6.07) is 2.43. The average Bonchev–Trinajstić information content (AvgIpc) is 3.07. The van der Waals surface area contributed by atoms with E-state index in [0.717, 1.165) is 57.2 Å². The summed E-state index contributed by atoms with van der Waals surface area (Å²) >= 11 is 0. The second kappa shape index (κ2) is 6.51. The van der Waals surface area contributed by atoms with Crippen molar-refractivity contribution in [1.82, 2.24) is 24.9 Å². The van der Waals surface area contributed by atoms with Gasteiger partial charge < -0.3 is 10.0 Å². The van der Waals surface area contributed by atoms with Crippen LogP contribution in [0.15, 0.2) is 6.07 Å². The van der Waals surface area contributed by atoms with Gasteiger partial charge in [-0.2, -0.15) is 5.10 Å². The number of aromatic nitrogens is 2. The molecule has 23 heavy (non-hydrogen) atoms. The summed E-state index contributed by atoms with van der Waals surface area (Å²) in [6.07, 6.45) is -0.247. The number of likely N-dealkylation sites (tertiary alicyclic amines) is 1. The Hall–Kier alpha value is -0.950. The van der Waals surface area contributed by atoms with Crippen LogP contribution >= 0.6 is 0 Å². The standard InChI is InChI=1S/C17H31N5O/c1-17(2,3)16-9-13(18-19-16)10-21-11-14(15(23)12-21)22-7-5-20(4)6-8-22/h9,14-15,23H,5-8,10-12H2,1-4H3,(H,18,19)/t14-,15-/m1/s1. The number of aliphatic hydroxyl groups excluding tert-OH is 1. The first kappa shape index (κ1) is 16.9. The summed E-state index contributed by atoms with van der Waals surface area (Å²) in [4.78, 5) is 7.15. The van der Waals surface area contributed by atoms with Crippen molar-refractivity contribution in [2.75, 3.05) is 46.3 Å². The molecule has 1 aromatic heterocycles. The molecule has 6 nitrogen and oxygen atoms in total. The molecule has 0 unspecified atom stereocenters. The highest BCUT2D eigenvalue weighted by atomic mass is 16.3. The van der Waals surface area contributed by atoms with Gasteiger partial charge in [0, 0.05) is 63.0 Å². The monoisotopic (exact) mass is 321 g/mol. The molecule has 2 atom stereocenters. The Morgan fingerprint density at radius 3 is 2.52 bits per heavy atom. The highest BCUT2D eigenvalue weighted by Crippen LogP contribution is 2.23. The molecule has 1 aromatic rings. The number of likely N-dealkylation sites (N-methyl/N-ethyl adjacent to an activating group) is 1. The van der Waals surface area contributed by atoms with Gasteiger partial charge in [0.05, 0.1) is 11.8 Å². The number of aliphatic hydroxyl groups is 1. The lowest BCUT2D eigenvalue weighted by Gasteiger charge is -2.37. The second-order valence-corrected chi connectivity index (χ2v) is 8.20. The zero-order chi connectivity index (χ0) is 16.6. The summed E-state index contributed by atoms with van der Waals surface area (Å²) in [5.74, 6) is 0. The minimum Gasteiger partial charge on any atom is -0.390 e. The lowest BCUT2D eigenvalue weighted by Crippen LogP contribution is -2.52. The molecule has 0 radical (unpaired) electrons. The van der Waals surface area contributed by atoms with Crippen LogP contribution in [0.4, 0.5) is 0 Å². The minimum atomic E-state index is -0.247. The maximum Gasteiger partial charge on any atom is 0.0834 e. The van der Waals surface area contributed by atoms with E-state index < -0.39 is 0 Å². The predicted octanol–water partition coefficient (Wildman–Crippen LogP) is 0.500. The highest BCUT2D eigenvalue weighted by molar-refractivity contribution is 5.16. The molecular formula is C17H31N5O. The molecule has 3 heterocycles. The van der Waals surface area contributed by atoms with E-state index in [1.54, 1.807) is 0 Å². The largest absolute Gasteiger partial charge is 0.390 e. The van der Waals surface area contributed by atoms with E-state index in [2.05, 4.69) is 58.8 Å². The van der Waals surface area contributed by atoms with Gasteiger partial charge in [-0.3, -0.25) is 14.9 Å². The third kappa shape index (κ3) is 3.94. The molecule has 0 saturated carbocycles. The van der Waals surface area contributed by atoms with Crippen LogP contribution < -0.4 is 0 Å². The van der Waals surface area contributed by atoms with Crippen molar-refractivity contribution >= 4 is 0 Å². The summed E-state index contributed by atoms with van der Waals surface area (Å²) in [6.45, 7) is 13.4. The molecule has 2 fully saturated rings. The van der Waals surface area contributed by atoms with Gasteiger partial charge in [-0.25, -0.2) is 0 Å². The number of H-pyrrole nitrogens is 1. The van der Waals surface area contributed by atoms with E-state index in [9.17, 15) is 5.11 Å². The molecule has 0 spiro atoms. The van der Waals surface area contributed by atoms with Crippen molar-refractivity contribution in [3.05, 3.63) is 17.5 Å². The van der Waals surface area contributed by atoms with Crippen molar-refractivity contribution in [1.29, 1.82) is 0 Å². The molecule has 0 aliphatic carbocycles. The minimum absolute atomic E-state index is 0.0711. The first-order valence-corrected chi connectivity index (χ1v) is 8.71. The third-order valence-electron chi connectivity index (χ3n) is 5.13. The topological polar surface area (TPSA) is 58.6 Å². The van der Waals surface area contributed by atoms with Gasteiger partial charge in [0.1, 0.15) is 0 Å². The van der Waals surface area contributed by atoms with Crippen LogP contribution in [0.25, 0.3) is 0 Å². The van der Waals surface area contributed by atoms with E-state index in [1.807, 2.05) is 0 Å². The van der Waals surface area contributed by atoms with Gasteiger partial charge in [0.2, 0.25) is 0 Å². The highest BCUT2D eigenvalue weighted by Gasteiger charge is 2.36. The Bertz CT molecular complexity index is 515. The predicted molar refractivity (Wildman–Crippen MR) is 91.4 cm³/mol. The molecule has 3 rings (SSSR count). The Labute approximate surface area is 139 Å². The Kier molecular flexibility index (Phi) is 4.78. The maximum atomic E-state index is 10.5. The first-order valence-electron chi connectivity index (χ1n) is 8.71. The molecule has 2 saturated heterocycles. The molecular weight excluding hydrogens is 290 g/mol. The van der Waals surface area contributed by atoms with Gasteiger partial charge in [0.25, 0.3) is 0 Å². The number of piperazine rings is 1. The fraction of sp³-hybridized carbons (Fsp3) is 0.824. The van der Waals surface area contributed by atoms with Crippen molar-refractivity contribution in [3.63, 3.8) is 0 Å². The van der Waals surface area contributed by atoms with E-state index in [1.165, 1.54) is 0 Å². The molecule has 6 heteroatoms. The van der Waals surface area contributed by atoms with E-state index in [0.29, 0.717) is 0 Å². The van der Waals surface area contributed by atoms with Crippen LogP contribution in [0.3, 0.4) is 0 Å². The van der Waals surface area contributed by atoms with Crippen LogP contribution in [0.5, 0.6) is 0 Å². The number of nitrogens with one attached hydrogen (secondary N) is 1. The zero-order valence-electron chi connectivity index (χ0n) is 14.9.